The van der Waals surface area contributed by atoms with Crippen molar-refractivity contribution < 1.29 is 4.39 Å². The van der Waals surface area contributed by atoms with E-state index in [0.29, 0.717) is 5.69 Å². The summed E-state index contributed by atoms with van der Waals surface area (Å²) in [7, 11) is 0. The Balaban J connectivity index is 2.96. The van der Waals surface area contributed by atoms with Crippen LogP contribution in [0.25, 0.3) is 0 Å². The van der Waals surface area contributed by atoms with Crippen LogP contribution in [0.5, 0.6) is 0 Å². The van der Waals surface area contributed by atoms with E-state index in [0.717, 1.165) is 0 Å². The average Bonchev–Trinajstić information content (AvgIpc) is 2.11. The number of rotatable bonds is 1. The van der Waals surface area contributed by atoms with E-state index in [4.69, 9.17) is 5.73 Å². The van der Waals surface area contributed by atoms with Gasteiger partial charge in [-0.2, -0.15) is 0 Å². The summed E-state index contributed by atoms with van der Waals surface area (Å²) in [5.74, 6) is 0.251. The molecule has 0 aromatic carbocycles. The zero-order chi connectivity index (χ0) is 7.78. The minimum atomic E-state index is -1.38. The number of aromatic nitrogens is 2. The van der Waals surface area contributed by atoms with Crippen molar-refractivity contribution in [1.29, 1.82) is 0 Å². The highest BCUT2D eigenvalue weighted by atomic mass is 19.1. The van der Waals surface area contributed by atoms with Crippen molar-refractivity contribution in [2.24, 2.45) is 0 Å². The third kappa shape index (κ3) is 1.26. The highest BCUT2D eigenvalue weighted by molar-refractivity contribution is 5.21. The van der Waals surface area contributed by atoms with Crippen LogP contribution in [-0.2, 0) is 5.67 Å². The van der Waals surface area contributed by atoms with Crippen molar-refractivity contribution in [1.82, 2.24) is 9.97 Å². The lowest BCUT2D eigenvalue weighted by atomic mass is 10.1. The molecule has 0 amide bonds. The number of hydrogen-bond acceptors (Lipinski definition) is 2. The van der Waals surface area contributed by atoms with Gasteiger partial charge in [-0.15, -0.1) is 0 Å². The average molecular weight is 143 g/mol. The smallest absolute Gasteiger partial charge is 0.197 e. The van der Waals surface area contributed by atoms with E-state index in [-0.39, 0.29) is 5.95 Å². The fourth-order valence-electron chi connectivity index (χ4n) is 0.639. The predicted octanol–water partition coefficient (Wildman–Crippen LogP) is 1.20. The third-order valence-electron chi connectivity index (χ3n) is 1.24. The van der Waals surface area contributed by atoms with Crippen LogP contribution in [0.1, 0.15) is 19.5 Å². The number of aromatic amines is 1. The largest absolute Gasteiger partial charge is 0.369 e. The number of nitrogens with zero attached hydrogens (tertiary/aromatic N) is 1. The van der Waals surface area contributed by atoms with Crippen molar-refractivity contribution >= 4 is 5.95 Å². The van der Waals surface area contributed by atoms with Crippen LogP contribution < -0.4 is 5.73 Å². The maximum absolute atomic E-state index is 13.0. The zero-order valence-corrected chi connectivity index (χ0v) is 5.98. The van der Waals surface area contributed by atoms with Gasteiger partial charge in [-0.3, -0.25) is 0 Å². The van der Waals surface area contributed by atoms with Crippen LogP contribution in [0.3, 0.4) is 0 Å². The number of imidazole rings is 1. The Morgan fingerprint density at radius 2 is 2.30 bits per heavy atom. The third-order valence-corrected chi connectivity index (χ3v) is 1.24. The Hall–Kier alpha value is -1.06. The first kappa shape index (κ1) is 7.05. The fraction of sp³-hybridized carbons (Fsp3) is 0.500. The van der Waals surface area contributed by atoms with Crippen molar-refractivity contribution in [2.45, 2.75) is 19.5 Å². The van der Waals surface area contributed by atoms with Crippen LogP contribution in [-0.4, -0.2) is 9.97 Å². The number of nitrogen functional groups attached to an aromatic ring is 1. The molecular formula is C6H10FN3. The first-order chi connectivity index (χ1) is 4.50. The molecule has 0 aliphatic carbocycles. The minimum absolute atomic E-state index is 0.251. The quantitative estimate of drug-likeness (QED) is 0.620. The number of alkyl halides is 1. The molecule has 1 heterocycles. The molecule has 1 aromatic rings. The molecule has 1 rings (SSSR count). The van der Waals surface area contributed by atoms with Gasteiger partial charge in [0.05, 0.1) is 11.9 Å². The molecule has 0 saturated heterocycles. The first-order valence-corrected chi connectivity index (χ1v) is 3.00. The van der Waals surface area contributed by atoms with Gasteiger partial charge in [0.15, 0.2) is 5.95 Å². The van der Waals surface area contributed by atoms with Gasteiger partial charge in [-0.1, -0.05) is 0 Å². The topological polar surface area (TPSA) is 54.7 Å². The Labute approximate surface area is 58.5 Å². The summed E-state index contributed by atoms with van der Waals surface area (Å²) < 4.78 is 13.0. The molecule has 3 nitrogen and oxygen atoms in total. The van der Waals surface area contributed by atoms with E-state index in [2.05, 4.69) is 9.97 Å². The summed E-state index contributed by atoms with van der Waals surface area (Å²) in [4.78, 5) is 6.27. The number of H-pyrrole nitrogens is 1. The summed E-state index contributed by atoms with van der Waals surface area (Å²) in [5, 5.41) is 0. The molecule has 0 saturated carbocycles. The fourth-order valence-corrected chi connectivity index (χ4v) is 0.639. The Morgan fingerprint density at radius 3 is 2.50 bits per heavy atom. The molecule has 0 spiro atoms. The van der Waals surface area contributed by atoms with Gasteiger partial charge in [0.1, 0.15) is 5.67 Å². The summed E-state index contributed by atoms with van der Waals surface area (Å²) in [6.45, 7) is 2.89. The molecule has 0 aliphatic heterocycles. The van der Waals surface area contributed by atoms with Crippen LogP contribution in [0, 0.1) is 0 Å². The highest BCUT2D eigenvalue weighted by Crippen LogP contribution is 2.22. The number of nitrogens with two attached hydrogens (primary N) is 1. The van der Waals surface area contributed by atoms with E-state index in [9.17, 15) is 4.39 Å². The summed E-state index contributed by atoms with van der Waals surface area (Å²) in [6.07, 6.45) is 1.40. The second kappa shape index (κ2) is 1.97. The maximum atomic E-state index is 13.0. The molecule has 0 fully saturated rings. The number of halogens is 1. The maximum Gasteiger partial charge on any atom is 0.197 e. The minimum Gasteiger partial charge on any atom is -0.369 e. The summed E-state index contributed by atoms with van der Waals surface area (Å²) in [6, 6.07) is 0. The SMILES string of the molecule is CC(C)(F)c1cnc(N)[nH]1. The van der Waals surface area contributed by atoms with Crippen molar-refractivity contribution in [2.75, 3.05) is 5.73 Å². The predicted molar refractivity (Wildman–Crippen MR) is 37.1 cm³/mol. The van der Waals surface area contributed by atoms with Gasteiger partial charge in [-0.25, -0.2) is 9.37 Å². The van der Waals surface area contributed by atoms with Gasteiger partial charge in [-0.05, 0) is 13.8 Å². The number of hydrogen-bond donors (Lipinski definition) is 2. The lowest BCUT2D eigenvalue weighted by molar-refractivity contribution is 0.215. The van der Waals surface area contributed by atoms with E-state index < -0.39 is 5.67 Å². The molecule has 0 unspecified atom stereocenters. The van der Waals surface area contributed by atoms with E-state index in [1.54, 1.807) is 0 Å². The Morgan fingerprint density at radius 1 is 1.70 bits per heavy atom. The standard InChI is InChI=1S/C6H10FN3/c1-6(2,7)4-3-9-5(8)10-4/h3H,1-2H3,(H3,8,9,10). The van der Waals surface area contributed by atoms with Crippen molar-refractivity contribution in [3.63, 3.8) is 0 Å². The van der Waals surface area contributed by atoms with E-state index in [1.807, 2.05) is 0 Å². The molecule has 0 aliphatic rings. The lowest BCUT2D eigenvalue weighted by Gasteiger charge is -2.09. The lowest BCUT2D eigenvalue weighted by Crippen LogP contribution is -2.09. The number of nitrogens with one attached hydrogen (secondary N) is 1. The molecule has 0 bridgehead atoms. The number of anilines is 1. The molecule has 4 heteroatoms. The van der Waals surface area contributed by atoms with E-state index >= 15 is 0 Å². The van der Waals surface area contributed by atoms with Gasteiger partial charge in [0.25, 0.3) is 0 Å². The second-order valence-corrected chi connectivity index (χ2v) is 2.65. The molecular weight excluding hydrogens is 133 g/mol. The van der Waals surface area contributed by atoms with Gasteiger partial charge in [0.2, 0.25) is 0 Å². The Kier molecular flexibility index (Phi) is 1.39. The van der Waals surface area contributed by atoms with Gasteiger partial charge >= 0.3 is 0 Å². The monoisotopic (exact) mass is 143 g/mol. The zero-order valence-electron chi connectivity index (χ0n) is 5.98. The first-order valence-electron chi connectivity index (χ1n) is 3.00. The summed E-state index contributed by atoms with van der Waals surface area (Å²) in [5.41, 5.74) is 4.27. The summed E-state index contributed by atoms with van der Waals surface area (Å²) >= 11 is 0. The molecule has 10 heavy (non-hydrogen) atoms. The van der Waals surface area contributed by atoms with Crippen LogP contribution in [0.4, 0.5) is 10.3 Å². The van der Waals surface area contributed by atoms with Crippen molar-refractivity contribution in [3.05, 3.63) is 11.9 Å². The highest BCUT2D eigenvalue weighted by Gasteiger charge is 2.20. The van der Waals surface area contributed by atoms with Crippen LogP contribution in [0.2, 0.25) is 0 Å². The normalized spacial score (nSPS) is 11.9. The molecule has 56 valence electrons. The van der Waals surface area contributed by atoms with Crippen LogP contribution >= 0.6 is 0 Å². The molecule has 0 atom stereocenters. The van der Waals surface area contributed by atoms with Crippen LogP contribution in [0.15, 0.2) is 6.20 Å². The molecule has 0 radical (unpaired) electrons. The van der Waals surface area contributed by atoms with Crippen molar-refractivity contribution in [3.8, 4) is 0 Å². The van der Waals surface area contributed by atoms with Gasteiger partial charge in [0, 0.05) is 0 Å². The van der Waals surface area contributed by atoms with Gasteiger partial charge < -0.3 is 10.7 Å². The van der Waals surface area contributed by atoms with E-state index in [1.165, 1.54) is 20.0 Å². The molecule has 3 N–H and O–H groups in total. The second-order valence-electron chi connectivity index (χ2n) is 2.65. The Bertz CT molecular complexity index is 223. The molecule has 1 aromatic heterocycles.